The quantitative estimate of drug-likeness (QED) is 0.853. The van der Waals surface area contributed by atoms with E-state index in [9.17, 15) is 4.79 Å². The molecule has 0 spiro atoms. The molecule has 2 atom stereocenters. The molecule has 2 aliphatic carbocycles. The normalized spacial score (nSPS) is 28.8. The Labute approximate surface area is 108 Å². The van der Waals surface area contributed by atoms with Crippen LogP contribution in [0.2, 0.25) is 0 Å². The van der Waals surface area contributed by atoms with Crippen LogP contribution in [-0.4, -0.2) is 12.5 Å². The Morgan fingerprint density at radius 1 is 1.17 bits per heavy atom. The molecule has 1 aromatic carbocycles. The van der Waals surface area contributed by atoms with E-state index in [4.69, 9.17) is 5.73 Å². The summed E-state index contributed by atoms with van der Waals surface area (Å²) in [5.74, 6) is 2.16. The fourth-order valence-corrected chi connectivity index (χ4v) is 3.09. The molecule has 0 aromatic heterocycles. The van der Waals surface area contributed by atoms with Gasteiger partial charge in [0.05, 0.1) is 0 Å². The molecule has 3 rings (SSSR count). The molecule has 18 heavy (non-hydrogen) atoms. The lowest BCUT2D eigenvalue weighted by Crippen LogP contribution is -2.21. The van der Waals surface area contributed by atoms with Crippen molar-refractivity contribution in [3.63, 3.8) is 0 Å². The number of carbonyl (C=O) groups excluding carboxylic acids is 1. The monoisotopic (exact) mass is 244 g/mol. The molecule has 2 saturated carbocycles. The van der Waals surface area contributed by atoms with Gasteiger partial charge in [-0.25, -0.2) is 0 Å². The molecule has 3 N–H and O–H groups in total. The van der Waals surface area contributed by atoms with Crippen LogP contribution in [0.1, 0.15) is 24.8 Å². The molecular formula is C15H20N2O. The zero-order valence-corrected chi connectivity index (χ0v) is 10.6. The molecule has 2 fully saturated rings. The molecule has 0 radical (unpaired) electrons. The maximum atomic E-state index is 12.1. The van der Waals surface area contributed by atoms with Crippen LogP contribution in [0.15, 0.2) is 24.3 Å². The Kier molecular flexibility index (Phi) is 3.08. The standard InChI is InChI=1S/C15H20N2O/c16-6-5-10-1-3-14(4-2-10)17-15(18)13-8-11-7-12(11)9-13/h1-4,11-13H,5-9,16H2,(H,17,18). The number of hydrogen-bond donors (Lipinski definition) is 2. The van der Waals surface area contributed by atoms with Gasteiger partial charge in [0, 0.05) is 11.6 Å². The van der Waals surface area contributed by atoms with Crippen molar-refractivity contribution in [2.75, 3.05) is 11.9 Å². The Balaban J connectivity index is 1.56. The van der Waals surface area contributed by atoms with E-state index < -0.39 is 0 Å². The average Bonchev–Trinajstić information content (AvgIpc) is 2.99. The lowest BCUT2D eigenvalue weighted by molar-refractivity contribution is -0.120. The second kappa shape index (κ2) is 4.73. The molecule has 1 amide bonds. The first kappa shape index (κ1) is 11.7. The summed E-state index contributed by atoms with van der Waals surface area (Å²) in [6, 6.07) is 8.01. The van der Waals surface area contributed by atoms with Crippen LogP contribution in [-0.2, 0) is 11.2 Å². The fourth-order valence-electron chi connectivity index (χ4n) is 3.09. The number of fused-ring (bicyclic) bond motifs is 1. The van der Waals surface area contributed by atoms with Crippen molar-refractivity contribution >= 4 is 11.6 Å². The van der Waals surface area contributed by atoms with Crippen molar-refractivity contribution in [3.8, 4) is 0 Å². The molecule has 0 heterocycles. The van der Waals surface area contributed by atoms with E-state index in [-0.39, 0.29) is 11.8 Å². The van der Waals surface area contributed by atoms with Crippen molar-refractivity contribution < 1.29 is 4.79 Å². The number of nitrogens with one attached hydrogen (secondary N) is 1. The lowest BCUT2D eigenvalue weighted by Gasteiger charge is -2.12. The summed E-state index contributed by atoms with van der Waals surface area (Å²) in [7, 11) is 0. The highest BCUT2D eigenvalue weighted by molar-refractivity contribution is 5.92. The van der Waals surface area contributed by atoms with Crippen LogP contribution in [0.4, 0.5) is 5.69 Å². The molecule has 0 saturated heterocycles. The van der Waals surface area contributed by atoms with Crippen molar-refractivity contribution in [2.24, 2.45) is 23.5 Å². The first-order valence-corrected chi connectivity index (χ1v) is 6.86. The summed E-state index contributed by atoms with van der Waals surface area (Å²) in [4.78, 5) is 12.1. The van der Waals surface area contributed by atoms with Crippen LogP contribution in [0.5, 0.6) is 0 Å². The number of rotatable bonds is 4. The van der Waals surface area contributed by atoms with Gasteiger partial charge in [0.15, 0.2) is 0 Å². The fraction of sp³-hybridized carbons (Fsp3) is 0.533. The molecule has 3 nitrogen and oxygen atoms in total. The molecule has 1 aromatic rings. The van der Waals surface area contributed by atoms with Gasteiger partial charge in [-0.05, 0) is 61.8 Å². The van der Waals surface area contributed by atoms with E-state index in [2.05, 4.69) is 5.32 Å². The van der Waals surface area contributed by atoms with E-state index in [1.165, 1.54) is 12.0 Å². The first-order chi connectivity index (χ1) is 8.76. The van der Waals surface area contributed by atoms with Crippen LogP contribution in [0.3, 0.4) is 0 Å². The summed E-state index contributed by atoms with van der Waals surface area (Å²) < 4.78 is 0. The molecule has 2 unspecified atom stereocenters. The van der Waals surface area contributed by atoms with Gasteiger partial charge in [0.25, 0.3) is 0 Å². The highest BCUT2D eigenvalue weighted by atomic mass is 16.1. The van der Waals surface area contributed by atoms with Crippen molar-refractivity contribution in [1.29, 1.82) is 0 Å². The Bertz CT molecular complexity index is 430. The van der Waals surface area contributed by atoms with Crippen molar-refractivity contribution in [1.82, 2.24) is 0 Å². The first-order valence-electron chi connectivity index (χ1n) is 6.86. The molecule has 96 valence electrons. The summed E-state index contributed by atoms with van der Waals surface area (Å²) in [5, 5.41) is 3.02. The minimum atomic E-state index is 0.203. The SMILES string of the molecule is NCCc1ccc(NC(=O)C2CC3CC3C2)cc1. The maximum Gasteiger partial charge on any atom is 0.227 e. The predicted octanol–water partition coefficient (Wildman–Crippen LogP) is 2.17. The minimum Gasteiger partial charge on any atom is -0.330 e. The third kappa shape index (κ3) is 2.41. The molecule has 3 heteroatoms. The second-order valence-corrected chi connectivity index (χ2v) is 5.65. The third-order valence-electron chi connectivity index (χ3n) is 4.27. The van der Waals surface area contributed by atoms with Gasteiger partial charge in [-0.15, -0.1) is 0 Å². The summed E-state index contributed by atoms with van der Waals surface area (Å²) in [5.41, 5.74) is 7.63. The highest BCUT2D eigenvalue weighted by Crippen LogP contribution is 2.54. The number of carbonyl (C=O) groups is 1. The summed E-state index contributed by atoms with van der Waals surface area (Å²) in [6.45, 7) is 0.663. The smallest absolute Gasteiger partial charge is 0.227 e. The van der Waals surface area contributed by atoms with E-state index >= 15 is 0 Å². The van der Waals surface area contributed by atoms with Gasteiger partial charge in [-0.1, -0.05) is 12.1 Å². The summed E-state index contributed by atoms with van der Waals surface area (Å²) >= 11 is 0. The van der Waals surface area contributed by atoms with Crippen LogP contribution in [0, 0.1) is 17.8 Å². The van der Waals surface area contributed by atoms with E-state index in [1.807, 2.05) is 24.3 Å². The van der Waals surface area contributed by atoms with E-state index in [1.54, 1.807) is 0 Å². The molecule has 0 aliphatic heterocycles. The number of amides is 1. The van der Waals surface area contributed by atoms with Gasteiger partial charge < -0.3 is 11.1 Å². The topological polar surface area (TPSA) is 55.1 Å². The van der Waals surface area contributed by atoms with Crippen LogP contribution in [0.25, 0.3) is 0 Å². The Morgan fingerprint density at radius 3 is 2.44 bits per heavy atom. The zero-order valence-electron chi connectivity index (χ0n) is 10.6. The third-order valence-corrected chi connectivity index (χ3v) is 4.27. The number of hydrogen-bond acceptors (Lipinski definition) is 2. The average molecular weight is 244 g/mol. The Morgan fingerprint density at radius 2 is 1.83 bits per heavy atom. The maximum absolute atomic E-state index is 12.1. The van der Waals surface area contributed by atoms with Crippen LogP contribution < -0.4 is 11.1 Å². The number of nitrogens with two attached hydrogens (primary N) is 1. The van der Waals surface area contributed by atoms with E-state index in [0.717, 1.165) is 36.8 Å². The molecule has 2 aliphatic rings. The largest absolute Gasteiger partial charge is 0.330 e. The molecule has 0 bridgehead atoms. The van der Waals surface area contributed by atoms with Crippen molar-refractivity contribution in [3.05, 3.63) is 29.8 Å². The zero-order chi connectivity index (χ0) is 12.5. The lowest BCUT2D eigenvalue weighted by atomic mass is 10.0. The van der Waals surface area contributed by atoms with Gasteiger partial charge >= 0.3 is 0 Å². The number of anilines is 1. The minimum absolute atomic E-state index is 0.203. The van der Waals surface area contributed by atoms with Crippen LogP contribution >= 0.6 is 0 Å². The predicted molar refractivity (Wildman–Crippen MR) is 72.2 cm³/mol. The van der Waals surface area contributed by atoms with Gasteiger partial charge in [-0.2, -0.15) is 0 Å². The highest BCUT2D eigenvalue weighted by Gasteiger charge is 2.47. The molecular weight excluding hydrogens is 224 g/mol. The van der Waals surface area contributed by atoms with Gasteiger partial charge in [0.1, 0.15) is 0 Å². The van der Waals surface area contributed by atoms with Crippen molar-refractivity contribution in [2.45, 2.75) is 25.7 Å². The number of benzene rings is 1. The second-order valence-electron chi connectivity index (χ2n) is 5.65. The van der Waals surface area contributed by atoms with Gasteiger partial charge in [-0.3, -0.25) is 4.79 Å². The van der Waals surface area contributed by atoms with E-state index in [0.29, 0.717) is 6.54 Å². The summed E-state index contributed by atoms with van der Waals surface area (Å²) in [6.07, 6.45) is 4.45. The Hall–Kier alpha value is -1.35. The van der Waals surface area contributed by atoms with Gasteiger partial charge in [0.2, 0.25) is 5.91 Å².